The van der Waals surface area contributed by atoms with E-state index in [2.05, 4.69) is 0 Å². The summed E-state index contributed by atoms with van der Waals surface area (Å²) in [4.78, 5) is 26.3. The Kier molecular flexibility index (Phi) is 3.93. The van der Waals surface area contributed by atoms with Crippen molar-refractivity contribution in [1.82, 2.24) is 4.90 Å². The lowest BCUT2D eigenvalue weighted by atomic mass is 10.1. The quantitative estimate of drug-likeness (QED) is 0.617. The summed E-state index contributed by atoms with van der Waals surface area (Å²) >= 11 is 13.4. The molecule has 0 bridgehead atoms. The fourth-order valence-electron chi connectivity index (χ4n) is 2.11. The molecule has 0 radical (unpaired) electrons. The normalized spacial score (nSPS) is 13.7. The zero-order chi connectivity index (χ0) is 15.0. The van der Waals surface area contributed by atoms with E-state index in [0.717, 1.165) is 0 Å². The highest BCUT2D eigenvalue weighted by Gasteiger charge is 2.35. The summed E-state index contributed by atoms with van der Waals surface area (Å²) in [5, 5.41) is 1.01. The second kappa shape index (κ2) is 5.72. The van der Waals surface area contributed by atoms with Gasteiger partial charge in [-0.15, -0.1) is 11.8 Å². The summed E-state index contributed by atoms with van der Waals surface area (Å²) in [5.41, 5.74) is 0.877. The number of amides is 2. The molecule has 2 aromatic carbocycles. The minimum Gasteiger partial charge on any atom is -0.269 e. The molecule has 106 valence electrons. The van der Waals surface area contributed by atoms with Crippen molar-refractivity contribution in [3.05, 3.63) is 63.6 Å². The third kappa shape index (κ3) is 2.55. The second-order valence-corrected chi connectivity index (χ2v) is 6.18. The number of imide groups is 1. The molecule has 0 unspecified atom stereocenters. The Balaban J connectivity index is 1.82. The lowest BCUT2D eigenvalue weighted by molar-refractivity contribution is 0.0684. The summed E-state index contributed by atoms with van der Waals surface area (Å²) in [6, 6.07) is 12.0. The Bertz CT molecular complexity index is 693. The van der Waals surface area contributed by atoms with Gasteiger partial charge in [0.15, 0.2) is 0 Å². The summed E-state index contributed by atoms with van der Waals surface area (Å²) in [6.07, 6.45) is 0. The molecule has 2 aromatic rings. The third-order valence-electron chi connectivity index (χ3n) is 3.14. The zero-order valence-corrected chi connectivity index (χ0v) is 13.0. The number of hydrogen-bond acceptors (Lipinski definition) is 3. The van der Waals surface area contributed by atoms with Gasteiger partial charge in [0.05, 0.1) is 27.0 Å². The first kappa shape index (κ1) is 14.4. The molecule has 3 nitrogen and oxygen atoms in total. The Hall–Kier alpha value is -1.49. The van der Waals surface area contributed by atoms with Crippen LogP contribution in [0.1, 0.15) is 20.7 Å². The molecule has 0 spiro atoms. The van der Waals surface area contributed by atoms with Crippen LogP contribution in [-0.4, -0.2) is 22.6 Å². The molecule has 0 saturated carbocycles. The summed E-state index contributed by atoms with van der Waals surface area (Å²) in [5.74, 6) is -0.395. The van der Waals surface area contributed by atoms with Crippen LogP contribution in [-0.2, 0) is 0 Å². The van der Waals surface area contributed by atoms with Crippen molar-refractivity contribution in [2.75, 3.05) is 5.88 Å². The molecule has 0 atom stereocenters. The molecule has 1 aliphatic heterocycles. The largest absolute Gasteiger partial charge is 0.269 e. The maximum atomic E-state index is 12.2. The monoisotopic (exact) mass is 337 g/mol. The van der Waals surface area contributed by atoms with E-state index in [1.807, 2.05) is 0 Å². The van der Waals surface area contributed by atoms with Crippen LogP contribution in [0, 0.1) is 0 Å². The Morgan fingerprint density at radius 2 is 1.38 bits per heavy atom. The first-order valence-corrected chi connectivity index (χ1v) is 7.86. The molecule has 0 aliphatic carbocycles. The second-order valence-electron chi connectivity index (χ2n) is 4.41. The van der Waals surface area contributed by atoms with Gasteiger partial charge in [-0.25, -0.2) is 0 Å². The molecule has 0 fully saturated rings. The SMILES string of the molecule is O=C1c2ccccc2C(=O)N1CSc1c(Cl)cccc1Cl. The van der Waals surface area contributed by atoms with Gasteiger partial charge in [-0.05, 0) is 24.3 Å². The van der Waals surface area contributed by atoms with E-state index in [9.17, 15) is 9.59 Å². The fraction of sp³-hybridized carbons (Fsp3) is 0.0667. The average Bonchev–Trinajstić information content (AvgIpc) is 2.72. The zero-order valence-electron chi connectivity index (χ0n) is 10.7. The van der Waals surface area contributed by atoms with Crippen molar-refractivity contribution in [2.24, 2.45) is 0 Å². The summed E-state index contributed by atoms with van der Waals surface area (Å²) in [6.45, 7) is 0. The highest BCUT2D eigenvalue weighted by Crippen LogP contribution is 2.35. The van der Waals surface area contributed by atoms with Crippen LogP contribution in [0.4, 0.5) is 0 Å². The van der Waals surface area contributed by atoms with E-state index >= 15 is 0 Å². The molecule has 1 heterocycles. The van der Waals surface area contributed by atoms with Gasteiger partial charge >= 0.3 is 0 Å². The van der Waals surface area contributed by atoms with E-state index in [4.69, 9.17) is 23.2 Å². The molecule has 1 aliphatic rings. The smallest absolute Gasteiger partial charge is 0.262 e. The number of rotatable bonds is 3. The van der Waals surface area contributed by atoms with Crippen LogP contribution in [0.3, 0.4) is 0 Å². The van der Waals surface area contributed by atoms with Crippen molar-refractivity contribution >= 4 is 46.8 Å². The summed E-state index contributed by atoms with van der Waals surface area (Å²) in [7, 11) is 0. The van der Waals surface area contributed by atoms with Crippen molar-refractivity contribution in [1.29, 1.82) is 0 Å². The predicted octanol–water partition coefficient (Wildman–Crippen LogP) is 4.34. The Morgan fingerprint density at radius 1 is 0.857 bits per heavy atom. The van der Waals surface area contributed by atoms with Gasteiger partial charge in [0.2, 0.25) is 0 Å². The standard InChI is InChI=1S/C15H9Cl2NO2S/c16-11-6-3-7-12(17)13(11)21-8-18-14(19)9-4-1-2-5-10(9)15(18)20/h1-7H,8H2. The molecule has 2 amide bonds. The first-order chi connectivity index (χ1) is 10.1. The lowest BCUT2D eigenvalue weighted by Gasteiger charge is -2.14. The van der Waals surface area contributed by atoms with Crippen LogP contribution >= 0.6 is 35.0 Å². The molecule has 0 aromatic heterocycles. The van der Waals surface area contributed by atoms with Crippen LogP contribution in [0.15, 0.2) is 47.4 Å². The fourth-order valence-corrected chi connectivity index (χ4v) is 3.74. The van der Waals surface area contributed by atoms with Gasteiger partial charge in [-0.2, -0.15) is 0 Å². The van der Waals surface area contributed by atoms with E-state index in [-0.39, 0.29) is 17.7 Å². The summed E-state index contributed by atoms with van der Waals surface area (Å²) < 4.78 is 0. The number of hydrogen-bond donors (Lipinski definition) is 0. The number of nitrogens with zero attached hydrogens (tertiary/aromatic N) is 1. The molecule has 0 N–H and O–H groups in total. The molecule has 6 heteroatoms. The van der Waals surface area contributed by atoms with E-state index < -0.39 is 0 Å². The number of benzene rings is 2. The molecular weight excluding hydrogens is 329 g/mol. The highest BCUT2D eigenvalue weighted by molar-refractivity contribution is 7.99. The van der Waals surface area contributed by atoms with E-state index in [1.54, 1.807) is 42.5 Å². The molecular formula is C15H9Cl2NO2S. The van der Waals surface area contributed by atoms with Crippen molar-refractivity contribution < 1.29 is 9.59 Å². The van der Waals surface area contributed by atoms with E-state index in [0.29, 0.717) is 26.1 Å². The van der Waals surface area contributed by atoms with Crippen molar-refractivity contribution in [3.63, 3.8) is 0 Å². The number of carbonyl (C=O) groups is 2. The number of fused-ring (bicyclic) bond motifs is 1. The Morgan fingerprint density at radius 3 is 1.90 bits per heavy atom. The van der Waals surface area contributed by atoms with Gasteiger partial charge in [0.1, 0.15) is 0 Å². The maximum Gasteiger partial charge on any atom is 0.262 e. The maximum absolute atomic E-state index is 12.2. The molecule has 21 heavy (non-hydrogen) atoms. The molecule has 3 rings (SSSR count). The molecule has 0 saturated heterocycles. The van der Waals surface area contributed by atoms with Gasteiger partial charge in [-0.1, -0.05) is 41.4 Å². The van der Waals surface area contributed by atoms with Crippen LogP contribution in [0.2, 0.25) is 10.0 Å². The average molecular weight is 338 g/mol. The number of carbonyl (C=O) groups excluding carboxylic acids is 2. The van der Waals surface area contributed by atoms with E-state index in [1.165, 1.54) is 16.7 Å². The van der Waals surface area contributed by atoms with Crippen molar-refractivity contribution in [3.8, 4) is 0 Å². The topological polar surface area (TPSA) is 37.4 Å². The van der Waals surface area contributed by atoms with Crippen LogP contribution in [0.25, 0.3) is 0 Å². The predicted molar refractivity (Wildman–Crippen MR) is 84.1 cm³/mol. The van der Waals surface area contributed by atoms with Crippen LogP contribution in [0.5, 0.6) is 0 Å². The number of thioether (sulfide) groups is 1. The number of halogens is 2. The lowest BCUT2D eigenvalue weighted by Crippen LogP contribution is -2.29. The van der Waals surface area contributed by atoms with Gasteiger partial charge in [0.25, 0.3) is 11.8 Å². The first-order valence-electron chi connectivity index (χ1n) is 6.11. The Labute approximate surface area is 135 Å². The van der Waals surface area contributed by atoms with Crippen LogP contribution < -0.4 is 0 Å². The highest BCUT2D eigenvalue weighted by atomic mass is 35.5. The van der Waals surface area contributed by atoms with Gasteiger partial charge < -0.3 is 0 Å². The third-order valence-corrected chi connectivity index (χ3v) is 5.10. The minimum atomic E-state index is -0.286. The minimum absolute atomic E-state index is 0.176. The van der Waals surface area contributed by atoms with Crippen molar-refractivity contribution in [2.45, 2.75) is 4.90 Å². The van der Waals surface area contributed by atoms with Gasteiger partial charge in [-0.3, -0.25) is 14.5 Å². The van der Waals surface area contributed by atoms with Gasteiger partial charge in [0, 0.05) is 4.90 Å².